The molecule has 2 N–H and O–H groups in total. The van der Waals surface area contributed by atoms with Gasteiger partial charge >= 0.3 is 0 Å². The number of hydrogen-bond donors (Lipinski definition) is 2. The summed E-state index contributed by atoms with van der Waals surface area (Å²) in [6.45, 7) is 5.33. The number of aromatic nitrogens is 4. The third kappa shape index (κ3) is 5.18. The summed E-state index contributed by atoms with van der Waals surface area (Å²) < 4.78 is 16.7. The van der Waals surface area contributed by atoms with Crippen LogP contribution in [0.4, 0.5) is 21.8 Å². The van der Waals surface area contributed by atoms with Crippen molar-refractivity contribution in [2.45, 2.75) is 57.4 Å². The molecule has 0 unspecified atom stereocenters. The van der Waals surface area contributed by atoms with Crippen molar-refractivity contribution in [1.82, 2.24) is 29.7 Å². The van der Waals surface area contributed by atoms with Gasteiger partial charge in [0.05, 0.1) is 29.3 Å². The Morgan fingerprint density at radius 1 is 0.976 bits per heavy atom. The van der Waals surface area contributed by atoms with Crippen LogP contribution in [0.3, 0.4) is 0 Å². The van der Waals surface area contributed by atoms with Gasteiger partial charge in [0.15, 0.2) is 5.82 Å². The minimum Gasteiger partial charge on any atom is -0.370 e. The summed E-state index contributed by atoms with van der Waals surface area (Å²) >= 11 is 0. The Labute approximate surface area is 240 Å². The zero-order valence-corrected chi connectivity index (χ0v) is 23.8. The molecular weight excluding hydrogens is 519 g/mol. The van der Waals surface area contributed by atoms with Crippen molar-refractivity contribution in [3.05, 3.63) is 47.7 Å². The van der Waals surface area contributed by atoms with E-state index in [0.29, 0.717) is 30.0 Å². The van der Waals surface area contributed by atoms with Crippen LogP contribution in [0.25, 0.3) is 11.4 Å². The van der Waals surface area contributed by atoms with Gasteiger partial charge in [0.2, 0.25) is 5.95 Å². The first-order valence-corrected chi connectivity index (χ1v) is 15.3. The number of halogens is 1. The second-order valence-corrected chi connectivity index (χ2v) is 12.2. The number of pyridine rings is 1. The Hall–Kier alpha value is -3.53. The Bertz CT molecular complexity index is 1400. The number of nitrogens with zero attached hydrogens (tertiary/aromatic N) is 6. The number of carbonyl (C=O) groups is 1. The predicted molar refractivity (Wildman–Crippen MR) is 157 cm³/mol. The molecule has 1 amide bonds. The zero-order valence-electron chi connectivity index (χ0n) is 23.8. The van der Waals surface area contributed by atoms with Crippen molar-refractivity contribution >= 4 is 23.4 Å². The number of piperidine rings is 2. The van der Waals surface area contributed by atoms with Crippen LogP contribution in [0.1, 0.15) is 61.0 Å². The minimum atomic E-state index is -0.537. The summed E-state index contributed by atoms with van der Waals surface area (Å²) in [6.07, 6.45) is 13.3. The molecule has 10 heteroatoms. The highest BCUT2D eigenvalue weighted by atomic mass is 19.1. The van der Waals surface area contributed by atoms with Crippen LogP contribution in [0.5, 0.6) is 0 Å². The highest BCUT2D eigenvalue weighted by Crippen LogP contribution is 2.36. The Morgan fingerprint density at radius 2 is 1.73 bits per heavy atom. The molecule has 1 saturated carbocycles. The predicted octanol–water partition coefficient (Wildman–Crippen LogP) is 4.53. The van der Waals surface area contributed by atoms with E-state index in [1.807, 2.05) is 23.9 Å². The molecule has 7 rings (SSSR count). The molecule has 41 heavy (non-hydrogen) atoms. The van der Waals surface area contributed by atoms with Crippen molar-refractivity contribution in [2.24, 2.45) is 18.9 Å². The normalized spacial score (nSPS) is 20.9. The maximum absolute atomic E-state index is 14.8. The van der Waals surface area contributed by atoms with Crippen LogP contribution in [-0.2, 0) is 13.5 Å². The van der Waals surface area contributed by atoms with Crippen molar-refractivity contribution in [3.8, 4) is 11.4 Å². The molecule has 0 aromatic carbocycles. The fourth-order valence-electron chi connectivity index (χ4n) is 7.26. The first-order chi connectivity index (χ1) is 20.0. The third-order valence-electron chi connectivity index (χ3n) is 9.96. The molecule has 3 aromatic heterocycles. The van der Waals surface area contributed by atoms with Gasteiger partial charge in [0.1, 0.15) is 11.5 Å². The zero-order chi connectivity index (χ0) is 27.9. The molecule has 3 aliphatic heterocycles. The van der Waals surface area contributed by atoms with Gasteiger partial charge in [0.25, 0.3) is 5.91 Å². The smallest absolute Gasteiger partial charge is 0.253 e. The number of nitrogens with one attached hydrogen (secondary N) is 2. The number of carbonyl (C=O) groups excluding carboxylic acids is 1. The third-order valence-corrected chi connectivity index (χ3v) is 9.96. The molecule has 3 fully saturated rings. The van der Waals surface area contributed by atoms with E-state index in [1.54, 1.807) is 6.07 Å². The minimum absolute atomic E-state index is 0.140. The van der Waals surface area contributed by atoms with E-state index in [4.69, 9.17) is 0 Å². The molecule has 6 heterocycles. The van der Waals surface area contributed by atoms with Crippen molar-refractivity contribution < 1.29 is 9.18 Å². The SMILES string of the molecule is Cn1c(-c2nc(Nc3ccc(N4CCC(C5CCN(C6CCC6)CC5)CC4)cn3)ncc2F)cc2c1CCNC2=O. The number of rotatable bonds is 6. The highest BCUT2D eigenvalue weighted by molar-refractivity contribution is 5.97. The molecule has 3 aromatic rings. The maximum atomic E-state index is 14.8. The van der Waals surface area contributed by atoms with Gasteiger partial charge in [-0.15, -0.1) is 0 Å². The van der Waals surface area contributed by atoms with Gasteiger partial charge in [-0.3, -0.25) is 4.79 Å². The molecule has 0 radical (unpaired) electrons. The summed E-state index contributed by atoms with van der Waals surface area (Å²) in [5, 5.41) is 5.96. The van der Waals surface area contributed by atoms with Crippen LogP contribution in [0.2, 0.25) is 0 Å². The van der Waals surface area contributed by atoms with Crippen molar-refractivity contribution in [3.63, 3.8) is 0 Å². The number of anilines is 3. The number of amides is 1. The Balaban J connectivity index is 0.967. The molecule has 0 bridgehead atoms. The van der Waals surface area contributed by atoms with E-state index in [1.165, 1.54) is 58.0 Å². The summed E-state index contributed by atoms with van der Waals surface area (Å²) in [5.41, 5.74) is 3.28. The number of fused-ring (bicyclic) bond motifs is 1. The molecule has 4 aliphatic rings. The average molecular weight is 559 g/mol. The summed E-state index contributed by atoms with van der Waals surface area (Å²) in [7, 11) is 1.84. The number of likely N-dealkylation sites (tertiary alicyclic amines) is 1. The molecule has 216 valence electrons. The van der Waals surface area contributed by atoms with E-state index in [2.05, 4.69) is 41.5 Å². The first-order valence-electron chi connectivity index (χ1n) is 15.3. The average Bonchev–Trinajstić information content (AvgIpc) is 3.31. The lowest BCUT2D eigenvalue weighted by Gasteiger charge is -2.45. The fourth-order valence-corrected chi connectivity index (χ4v) is 7.26. The van der Waals surface area contributed by atoms with E-state index in [-0.39, 0.29) is 17.5 Å². The highest BCUT2D eigenvalue weighted by Gasteiger charge is 2.33. The van der Waals surface area contributed by atoms with E-state index in [9.17, 15) is 9.18 Å². The summed E-state index contributed by atoms with van der Waals surface area (Å²) in [4.78, 5) is 30.7. The number of hydrogen-bond acceptors (Lipinski definition) is 7. The molecule has 9 nitrogen and oxygen atoms in total. The van der Waals surface area contributed by atoms with Crippen LogP contribution in [0.15, 0.2) is 30.6 Å². The molecule has 2 saturated heterocycles. The second kappa shape index (κ2) is 11.0. The Kier molecular flexibility index (Phi) is 7.10. The quantitative estimate of drug-likeness (QED) is 0.460. The lowest BCUT2D eigenvalue weighted by Crippen LogP contribution is -2.46. The Morgan fingerprint density at radius 3 is 2.39 bits per heavy atom. The van der Waals surface area contributed by atoms with E-state index >= 15 is 0 Å². The van der Waals surface area contributed by atoms with Crippen molar-refractivity contribution in [2.75, 3.05) is 42.9 Å². The molecule has 0 spiro atoms. The van der Waals surface area contributed by atoms with Crippen LogP contribution in [-0.4, -0.2) is 69.1 Å². The van der Waals surface area contributed by atoms with Gasteiger partial charge < -0.3 is 25.0 Å². The van der Waals surface area contributed by atoms with Crippen molar-refractivity contribution in [1.29, 1.82) is 0 Å². The largest absolute Gasteiger partial charge is 0.370 e. The van der Waals surface area contributed by atoms with E-state index in [0.717, 1.165) is 48.5 Å². The molecule has 1 aliphatic carbocycles. The monoisotopic (exact) mass is 558 g/mol. The maximum Gasteiger partial charge on any atom is 0.253 e. The topological polar surface area (TPSA) is 91.2 Å². The van der Waals surface area contributed by atoms with Gasteiger partial charge in [-0.1, -0.05) is 6.42 Å². The lowest BCUT2D eigenvalue weighted by molar-refractivity contribution is 0.0648. The molecular formula is C31H39FN8O. The summed E-state index contributed by atoms with van der Waals surface area (Å²) in [5.74, 6) is 1.91. The van der Waals surface area contributed by atoms with Gasteiger partial charge in [-0.2, -0.15) is 0 Å². The van der Waals surface area contributed by atoms with E-state index < -0.39 is 5.82 Å². The van der Waals surface area contributed by atoms with Crippen LogP contribution in [0, 0.1) is 17.7 Å². The van der Waals surface area contributed by atoms with Gasteiger partial charge in [-0.25, -0.2) is 19.3 Å². The molecule has 0 atom stereocenters. The first kappa shape index (κ1) is 26.4. The van der Waals surface area contributed by atoms with Crippen LogP contribution < -0.4 is 15.5 Å². The van der Waals surface area contributed by atoms with Gasteiger partial charge in [0, 0.05) is 44.8 Å². The van der Waals surface area contributed by atoms with Crippen LogP contribution >= 0.6 is 0 Å². The second-order valence-electron chi connectivity index (χ2n) is 12.2. The fraction of sp³-hybridized carbons (Fsp3) is 0.548. The summed E-state index contributed by atoms with van der Waals surface area (Å²) in [6, 6.07) is 6.60. The van der Waals surface area contributed by atoms with Gasteiger partial charge in [-0.05, 0) is 81.6 Å². The standard InChI is InChI=1S/C31H39FN8O/c1-38-26-7-12-33-30(41)24(26)17-27(38)29-25(32)19-35-31(37-29)36-28-6-5-23(18-34-28)40-15-10-21(11-16-40)20-8-13-39(14-9-20)22-3-2-4-22/h5-6,17-22H,2-4,7-16H2,1H3,(H,33,41)(H,34,35,36,37). The lowest BCUT2D eigenvalue weighted by atomic mass is 9.77.